The molecule has 13 heteroatoms. The van der Waals surface area contributed by atoms with E-state index in [9.17, 15) is 4.79 Å². The molecule has 0 aromatic rings. The molecule has 0 saturated carbocycles. The first-order valence-electron chi connectivity index (χ1n) is 33.7. The summed E-state index contributed by atoms with van der Waals surface area (Å²) in [6.45, 7) is 8.49. The summed E-state index contributed by atoms with van der Waals surface area (Å²) in [6, 6.07) is 0. The van der Waals surface area contributed by atoms with E-state index in [0.717, 1.165) is 32.2 Å². The zero-order valence-electron chi connectivity index (χ0n) is 51.1. The molecule has 0 radical (unpaired) electrons. The van der Waals surface area contributed by atoms with E-state index in [1.165, 1.54) is 345 Å². The van der Waals surface area contributed by atoms with Gasteiger partial charge in [-0.3, -0.25) is 4.79 Å². The Morgan fingerprint density at radius 2 is 0.571 bits per heavy atom. The molecule has 0 bridgehead atoms. The summed E-state index contributed by atoms with van der Waals surface area (Å²) < 4.78 is 11.8. The van der Waals surface area contributed by atoms with E-state index in [1.54, 1.807) is 11.4 Å². The lowest BCUT2D eigenvalue weighted by atomic mass is 10.0. The summed E-state index contributed by atoms with van der Waals surface area (Å²) in [5, 5.41) is 1.21. The molecule has 0 rings (SSSR count). The largest absolute Gasteiger partial charge is 0.381 e. The summed E-state index contributed by atoms with van der Waals surface area (Å²) in [6.07, 6.45) is 72.2. The van der Waals surface area contributed by atoms with Crippen molar-refractivity contribution < 1.29 is 14.3 Å². The third-order valence-electron chi connectivity index (χ3n) is 15.2. The molecule has 0 aliphatic rings. The number of ether oxygens (including phenoxy) is 2. The predicted octanol–water partition coefficient (Wildman–Crippen LogP) is 25.1. The summed E-state index contributed by atoms with van der Waals surface area (Å²) in [5.74, 6) is 3.80. The minimum absolute atomic E-state index is 0.0764. The Bertz CT molecular complexity index is 1200. The lowest BCUT2D eigenvalue weighted by Gasteiger charge is -2.12. The molecule has 462 valence electrons. The van der Waals surface area contributed by atoms with Gasteiger partial charge in [0.1, 0.15) is 4.83 Å². The molecule has 4 nitrogen and oxygen atoms in total. The number of carbonyl (C=O) groups is 1. The number of carbonyl (C=O) groups excluding carboxylic acids is 1. The van der Waals surface area contributed by atoms with Gasteiger partial charge in [-0.05, 0) is 50.0 Å². The Hall–Kier alpha value is 2.57. The highest BCUT2D eigenvalue weighted by atomic mass is 79.9. The van der Waals surface area contributed by atoms with Crippen molar-refractivity contribution in [1.82, 2.24) is 5.32 Å². The van der Waals surface area contributed by atoms with Gasteiger partial charge in [-0.2, -0.15) is 0 Å². The van der Waals surface area contributed by atoms with E-state index in [4.69, 9.17) is 33.1 Å². The molecule has 3 unspecified atom stereocenters. The molecule has 0 heterocycles. The zero-order valence-corrected chi connectivity index (χ0v) is 59.5. The molecule has 0 aliphatic carbocycles. The predicted molar refractivity (Wildman–Crippen MR) is 375 cm³/mol. The van der Waals surface area contributed by atoms with E-state index >= 15 is 0 Å². The highest BCUT2D eigenvalue weighted by molar-refractivity contribution is 9.10. The second-order valence-corrected chi connectivity index (χ2v) is 42.9. The molecule has 0 spiro atoms. The fourth-order valence-corrected chi connectivity index (χ4v) is 23.9. The van der Waals surface area contributed by atoms with Crippen molar-refractivity contribution in [2.45, 2.75) is 353 Å². The van der Waals surface area contributed by atoms with Gasteiger partial charge in [0, 0.05) is 42.4 Å². The monoisotopic (exact) mass is 1290 g/mol. The van der Waals surface area contributed by atoms with Crippen LogP contribution in [0.25, 0.3) is 0 Å². The summed E-state index contributed by atoms with van der Waals surface area (Å²) in [5.41, 5.74) is 0. The Balaban J connectivity index is 3.35. The third kappa shape index (κ3) is 69.2. The molecule has 1 N–H and O–H groups in total. The van der Waals surface area contributed by atoms with Crippen molar-refractivity contribution in [3.8, 4) is 0 Å². The van der Waals surface area contributed by atoms with Gasteiger partial charge in [-0.1, -0.05) is 360 Å². The Morgan fingerprint density at radius 1 is 0.351 bits per heavy atom. The summed E-state index contributed by atoms with van der Waals surface area (Å²) in [4.78, 5) is 12.5. The van der Waals surface area contributed by atoms with E-state index in [1.807, 2.05) is 34.1 Å². The van der Waals surface area contributed by atoms with E-state index in [-0.39, 0.29) is 10.7 Å². The van der Waals surface area contributed by atoms with Gasteiger partial charge in [0.2, 0.25) is 5.91 Å². The van der Waals surface area contributed by atoms with Crippen molar-refractivity contribution in [2.75, 3.05) is 49.6 Å². The van der Waals surface area contributed by atoms with Gasteiger partial charge in [0.05, 0.1) is 5.88 Å². The Kier molecular flexibility index (Phi) is 73.4. The Labute approximate surface area is 518 Å². The molecule has 0 aromatic carbocycles. The van der Waals surface area contributed by atoms with Crippen LogP contribution in [0.5, 0.6) is 0 Å². The minimum Gasteiger partial charge on any atom is -0.381 e. The first-order chi connectivity index (χ1) is 38.0. The topological polar surface area (TPSA) is 47.6 Å². The van der Waals surface area contributed by atoms with Crippen LogP contribution in [0, 0.1) is 0 Å². The quantitative estimate of drug-likeness (QED) is 0.0278. The lowest BCUT2D eigenvalue weighted by Crippen LogP contribution is -2.31. The molecule has 3 atom stereocenters. The van der Waals surface area contributed by atoms with Crippen LogP contribution < -0.4 is 5.32 Å². The van der Waals surface area contributed by atoms with Crippen LogP contribution in [-0.4, -0.2) is 60.3 Å². The van der Waals surface area contributed by atoms with Gasteiger partial charge in [0.15, 0.2) is 0 Å². The number of hydrogen-bond donors (Lipinski definition) is 1. The maximum Gasteiger partial charge on any atom is 0.235 e. The fraction of sp³-hybridized carbons (Fsp3) is 0.984. The zero-order chi connectivity index (χ0) is 55.7. The maximum atomic E-state index is 12.7. The van der Waals surface area contributed by atoms with Crippen LogP contribution in [0.4, 0.5) is 0 Å². The van der Waals surface area contributed by atoms with Crippen LogP contribution in [0.1, 0.15) is 348 Å². The first-order valence-corrected chi connectivity index (χ1v) is 46.7. The van der Waals surface area contributed by atoms with Crippen LogP contribution in [0.2, 0.25) is 0 Å². The van der Waals surface area contributed by atoms with Gasteiger partial charge in [-0.25, -0.2) is 0 Å². The van der Waals surface area contributed by atoms with E-state index in [2.05, 4.69) is 35.1 Å². The standard InChI is InChI=1S/C64H130BrNO3P2S6/c1-3-5-7-9-11-13-15-19-25-31-37-43-49-55-68-57-51-45-39-33-27-21-17-23-29-35-41-47-53-59-74-70(72)76-61-63(65)64(67)66-62-77-71(73)75-60-54-48-42-36-30-24-18-22-28-34-40-46-52-58-69-56-50-44-38-32-26-20-16-14-12-10-8-6-4-2/h63,70-71H,3-62H2,1-2H3,(H,66,67). The lowest BCUT2D eigenvalue weighted by molar-refractivity contribution is -0.119. The number of halogens is 1. The molecule has 0 aliphatic heterocycles. The van der Waals surface area contributed by atoms with Crippen LogP contribution in [0.15, 0.2) is 0 Å². The van der Waals surface area contributed by atoms with Crippen molar-refractivity contribution in [3.63, 3.8) is 0 Å². The number of unbranched alkanes of at least 4 members (excludes halogenated alkanes) is 48. The summed E-state index contributed by atoms with van der Waals surface area (Å²) >= 11 is 22.7. The van der Waals surface area contributed by atoms with Gasteiger partial charge < -0.3 is 14.8 Å². The molecule has 1 amide bonds. The van der Waals surface area contributed by atoms with Gasteiger partial charge in [-0.15, -0.1) is 34.1 Å². The highest BCUT2D eigenvalue weighted by Gasteiger charge is 2.15. The second kappa shape index (κ2) is 71.1. The van der Waals surface area contributed by atoms with Gasteiger partial charge >= 0.3 is 0 Å². The minimum atomic E-state index is -0.945. The fourth-order valence-electron chi connectivity index (χ4n) is 10.0. The SMILES string of the molecule is CCCCCCCCCCCCCCCOCCCCCCCCCCCCCCCS[PH](=S)SCNC(=O)C(Br)CS[PH](=S)SCCCCCCCCCCCCCCCOCCCCCCCCCCCCCCC. The number of nitrogens with one attached hydrogen (secondary N) is 1. The van der Waals surface area contributed by atoms with Crippen molar-refractivity contribution >= 4 is 101 Å². The third-order valence-corrected chi connectivity index (χ3v) is 32.5. The molecular formula is C64H130BrNO3P2S6. The van der Waals surface area contributed by atoms with E-state index in [0.29, 0.717) is 5.88 Å². The summed E-state index contributed by atoms with van der Waals surface area (Å²) in [7, 11) is 0. The van der Waals surface area contributed by atoms with Crippen LogP contribution in [0.3, 0.4) is 0 Å². The Morgan fingerprint density at radius 3 is 0.831 bits per heavy atom. The van der Waals surface area contributed by atoms with Crippen molar-refractivity contribution in [1.29, 1.82) is 0 Å². The first kappa shape index (κ1) is 79.6. The normalized spacial score (nSPS) is 12.9. The van der Waals surface area contributed by atoms with Crippen molar-refractivity contribution in [2.24, 2.45) is 0 Å². The number of hydrogen-bond acceptors (Lipinski definition) is 9. The number of amides is 1. The maximum absolute atomic E-state index is 12.7. The number of alkyl halides is 1. The van der Waals surface area contributed by atoms with E-state index < -0.39 is 10.2 Å². The van der Waals surface area contributed by atoms with Crippen molar-refractivity contribution in [3.05, 3.63) is 0 Å². The molecule has 0 fully saturated rings. The average molecular weight is 1300 g/mol. The average Bonchev–Trinajstić information content (AvgIpc) is 3.43. The molecule has 77 heavy (non-hydrogen) atoms. The number of rotatable bonds is 69. The smallest absolute Gasteiger partial charge is 0.235 e. The molecule has 0 saturated heterocycles. The van der Waals surface area contributed by atoms with Crippen LogP contribution in [-0.2, 0) is 37.9 Å². The second-order valence-electron chi connectivity index (χ2n) is 22.7. The van der Waals surface area contributed by atoms with Gasteiger partial charge in [0.25, 0.3) is 0 Å². The highest BCUT2D eigenvalue weighted by Crippen LogP contribution is 2.52. The molecular weight excluding hydrogens is 1160 g/mol. The van der Waals surface area contributed by atoms with Crippen LogP contribution >= 0.6 is 71.7 Å². The molecule has 0 aromatic heterocycles.